The molecule has 6 heteroatoms. The van der Waals surface area contributed by atoms with Crippen LogP contribution in [-0.2, 0) is 38.2 Å². The van der Waals surface area contributed by atoms with E-state index in [0.29, 0.717) is 31.3 Å². The summed E-state index contributed by atoms with van der Waals surface area (Å²) >= 11 is 0. The van der Waals surface area contributed by atoms with Gasteiger partial charge in [-0.1, -0.05) is 31.2 Å². The van der Waals surface area contributed by atoms with Crippen LogP contribution < -0.4 is 9.47 Å². The van der Waals surface area contributed by atoms with Gasteiger partial charge < -0.3 is 28.4 Å². The zero-order valence-electron chi connectivity index (χ0n) is 19.2. The summed E-state index contributed by atoms with van der Waals surface area (Å²) < 4.78 is 33.6. The molecule has 33 heavy (non-hydrogen) atoms. The van der Waals surface area contributed by atoms with Crippen molar-refractivity contribution in [2.45, 2.75) is 56.5 Å². The van der Waals surface area contributed by atoms with E-state index in [-0.39, 0.29) is 12.2 Å². The Morgan fingerprint density at radius 1 is 0.727 bits per heavy atom. The third kappa shape index (κ3) is 6.07. The second kappa shape index (κ2) is 9.26. The summed E-state index contributed by atoms with van der Waals surface area (Å²) in [5, 5.41) is 0. The van der Waals surface area contributed by atoms with E-state index in [4.69, 9.17) is 28.4 Å². The van der Waals surface area contributed by atoms with Crippen LogP contribution in [0.2, 0.25) is 0 Å². The first-order chi connectivity index (χ1) is 16.2. The lowest BCUT2D eigenvalue weighted by atomic mass is 9.90. The van der Waals surface area contributed by atoms with Gasteiger partial charge in [0.05, 0.1) is 38.6 Å². The molecule has 2 aromatic carbocycles. The van der Waals surface area contributed by atoms with Crippen molar-refractivity contribution in [2.24, 2.45) is 0 Å². The zero-order valence-corrected chi connectivity index (χ0v) is 19.2. The fraction of sp³-hybridized carbons (Fsp3) is 0.556. The third-order valence-corrected chi connectivity index (χ3v) is 6.67. The van der Waals surface area contributed by atoms with Gasteiger partial charge in [0.15, 0.2) is 0 Å². The minimum absolute atomic E-state index is 0.257. The van der Waals surface area contributed by atoms with Crippen LogP contribution in [0.25, 0.3) is 0 Å². The maximum absolute atomic E-state index is 6.04. The van der Waals surface area contributed by atoms with Crippen molar-refractivity contribution in [3.63, 3.8) is 0 Å². The molecule has 0 amide bonds. The summed E-state index contributed by atoms with van der Waals surface area (Å²) in [6, 6.07) is 13.3. The SMILES string of the molecule is CC(Cc1ccc(OCC2CO2)c(CC2CO2)c1)c1ccc(OCC2CO2)c(CC2CO2)c1. The Kier molecular flexibility index (Phi) is 6.01. The molecule has 0 bridgehead atoms. The summed E-state index contributed by atoms with van der Waals surface area (Å²) in [5.74, 6) is 2.32. The monoisotopic (exact) mass is 452 g/mol. The molecular weight excluding hydrogens is 420 g/mol. The fourth-order valence-corrected chi connectivity index (χ4v) is 4.29. The van der Waals surface area contributed by atoms with Crippen molar-refractivity contribution in [3.8, 4) is 11.5 Å². The van der Waals surface area contributed by atoms with Crippen LogP contribution in [-0.4, -0.2) is 64.1 Å². The van der Waals surface area contributed by atoms with Crippen molar-refractivity contribution in [1.29, 1.82) is 0 Å². The van der Waals surface area contributed by atoms with Gasteiger partial charge in [-0.05, 0) is 46.7 Å². The van der Waals surface area contributed by atoms with E-state index in [2.05, 4.69) is 43.3 Å². The highest BCUT2D eigenvalue weighted by atomic mass is 16.6. The average Bonchev–Trinajstić information content (AvgIpc) is 3.61. The maximum Gasteiger partial charge on any atom is 0.122 e. The van der Waals surface area contributed by atoms with Gasteiger partial charge in [-0.2, -0.15) is 0 Å². The molecule has 5 unspecified atom stereocenters. The molecule has 4 aliphatic rings. The highest BCUT2D eigenvalue weighted by molar-refractivity contribution is 5.42. The van der Waals surface area contributed by atoms with Crippen molar-refractivity contribution >= 4 is 0 Å². The minimum Gasteiger partial charge on any atom is -0.491 e. The summed E-state index contributed by atoms with van der Waals surface area (Å²) in [5.41, 5.74) is 5.13. The Bertz CT molecular complexity index is 975. The molecule has 0 aromatic heterocycles. The van der Waals surface area contributed by atoms with Crippen LogP contribution in [0.15, 0.2) is 36.4 Å². The van der Waals surface area contributed by atoms with Crippen LogP contribution in [0.4, 0.5) is 0 Å². The topological polar surface area (TPSA) is 68.6 Å². The number of hydrogen-bond donors (Lipinski definition) is 0. The Morgan fingerprint density at radius 2 is 1.24 bits per heavy atom. The highest BCUT2D eigenvalue weighted by Gasteiger charge is 2.28. The summed E-state index contributed by atoms with van der Waals surface area (Å²) in [4.78, 5) is 0. The molecule has 5 atom stereocenters. The largest absolute Gasteiger partial charge is 0.491 e. The molecule has 6 rings (SSSR count). The Hall–Kier alpha value is -2.12. The van der Waals surface area contributed by atoms with Gasteiger partial charge in [-0.15, -0.1) is 0 Å². The first kappa shape index (κ1) is 21.4. The van der Waals surface area contributed by atoms with Crippen LogP contribution in [0.1, 0.15) is 35.1 Å². The minimum atomic E-state index is 0.257. The molecule has 2 aromatic rings. The molecule has 4 aliphatic heterocycles. The summed E-state index contributed by atoms with van der Waals surface area (Å²) in [6.07, 6.45) is 3.96. The molecular formula is C27H32O6. The molecule has 4 heterocycles. The van der Waals surface area contributed by atoms with E-state index in [9.17, 15) is 0 Å². The van der Waals surface area contributed by atoms with Crippen molar-refractivity contribution < 1.29 is 28.4 Å². The van der Waals surface area contributed by atoms with Crippen LogP contribution in [0.5, 0.6) is 11.5 Å². The quantitative estimate of drug-likeness (QED) is 0.434. The van der Waals surface area contributed by atoms with Gasteiger partial charge in [0.25, 0.3) is 0 Å². The van der Waals surface area contributed by atoms with E-state index in [0.717, 1.165) is 57.2 Å². The molecule has 4 fully saturated rings. The first-order valence-corrected chi connectivity index (χ1v) is 12.2. The highest BCUT2D eigenvalue weighted by Crippen LogP contribution is 2.32. The summed E-state index contributed by atoms with van der Waals surface area (Å²) in [7, 11) is 0. The van der Waals surface area contributed by atoms with Gasteiger partial charge >= 0.3 is 0 Å². The number of rotatable bonds is 13. The lowest BCUT2D eigenvalue weighted by molar-refractivity contribution is 0.260. The lowest BCUT2D eigenvalue weighted by Crippen LogP contribution is -2.09. The predicted octanol–water partition coefficient (Wildman–Crippen LogP) is 3.47. The molecule has 6 nitrogen and oxygen atoms in total. The number of hydrogen-bond acceptors (Lipinski definition) is 6. The van der Waals surface area contributed by atoms with Gasteiger partial charge in [-0.3, -0.25) is 0 Å². The zero-order chi connectivity index (χ0) is 22.2. The summed E-state index contributed by atoms with van der Waals surface area (Å²) in [6.45, 7) is 6.86. The van der Waals surface area contributed by atoms with Crippen LogP contribution in [0.3, 0.4) is 0 Å². The van der Waals surface area contributed by atoms with E-state index in [1.54, 1.807) is 0 Å². The molecule has 0 N–H and O–H groups in total. The Balaban J connectivity index is 1.15. The second-order valence-corrected chi connectivity index (χ2v) is 9.77. The van der Waals surface area contributed by atoms with Crippen molar-refractivity contribution in [2.75, 3.05) is 39.6 Å². The molecule has 4 saturated heterocycles. The number of ether oxygens (including phenoxy) is 6. The predicted molar refractivity (Wildman–Crippen MR) is 122 cm³/mol. The molecule has 0 radical (unpaired) electrons. The first-order valence-electron chi connectivity index (χ1n) is 12.2. The normalized spacial score (nSPS) is 27.7. The molecule has 0 spiro atoms. The fourth-order valence-electron chi connectivity index (χ4n) is 4.29. The van der Waals surface area contributed by atoms with Gasteiger partial charge in [-0.25, -0.2) is 0 Å². The van der Waals surface area contributed by atoms with E-state index in [1.807, 2.05) is 0 Å². The van der Waals surface area contributed by atoms with Crippen molar-refractivity contribution in [3.05, 3.63) is 58.7 Å². The van der Waals surface area contributed by atoms with Gasteiger partial charge in [0.1, 0.15) is 36.9 Å². The Labute approximate surface area is 195 Å². The second-order valence-electron chi connectivity index (χ2n) is 9.77. The number of epoxide rings is 4. The van der Waals surface area contributed by atoms with Crippen molar-refractivity contribution in [1.82, 2.24) is 0 Å². The van der Waals surface area contributed by atoms with E-state index in [1.165, 1.54) is 22.3 Å². The van der Waals surface area contributed by atoms with Gasteiger partial charge in [0.2, 0.25) is 0 Å². The van der Waals surface area contributed by atoms with Gasteiger partial charge in [0, 0.05) is 12.8 Å². The number of benzene rings is 2. The van der Waals surface area contributed by atoms with Crippen LogP contribution >= 0.6 is 0 Å². The Morgan fingerprint density at radius 3 is 1.79 bits per heavy atom. The third-order valence-electron chi connectivity index (χ3n) is 6.67. The molecule has 0 aliphatic carbocycles. The van der Waals surface area contributed by atoms with Crippen LogP contribution in [0, 0.1) is 0 Å². The lowest BCUT2D eigenvalue weighted by Gasteiger charge is -2.18. The molecule has 176 valence electrons. The van der Waals surface area contributed by atoms with E-state index >= 15 is 0 Å². The smallest absolute Gasteiger partial charge is 0.122 e. The molecule has 0 saturated carbocycles. The average molecular weight is 453 g/mol. The standard InChI is InChI=1S/C27H32O6/c1-17(19-3-5-27(33-16-25-14-31-25)21(8-19)10-23-12-29-23)6-18-2-4-26(32-15-24-13-30-24)20(7-18)9-22-11-28-22/h2-5,7-8,17,22-25H,6,9-16H2,1H3. The maximum atomic E-state index is 6.04. The van der Waals surface area contributed by atoms with E-state index < -0.39 is 0 Å².